The molecule has 3 aromatic carbocycles. The highest BCUT2D eigenvalue weighted by molar-refractivity contribution is 7.99. The van der Waals surface area contributed by atoms with Crippen LogP contribution in [0.2, 0.25) is 0 Å². The minimum Gasteiger partial charge on any atom is -0.378 e. The summed E-state index contributed by atoms with van der Waals surface area (Å²) in [5, 5.41) is 6.49. The standard InChI is InChI=1S/C22H23N3OS/c1-25(2)21-11-8-17(9-12-21)14-23-24-22(26)16-27-15-18-7-10-19-5-3-4-6-20(19)13-18/h3-14H,15-16H2,1-2H3,(H,24,26)/b23-14-. The molecule has 0 aliphatic rings. The van der Waals surface area contributed by atoms with Gasteiger partial charge in [-0.3, -0.25) is 4.79 Å². The molecule has 0 radical (unpaired) electrons. The van der Waals surface area contributed by atoms with Crippen molar-refractivity contribution in [1.29, 1.82) is 0 Å². The highest BCUT2D eigenvalue weighted by atomic mass is 32.2. The monoisotopic (exact) mass is 377 g/mol. The zero-order chi connectivity index (χ0) is 19.1. The van der Waals surface area contributed by atoms with Crippen LogP contribution in [0.3, 0.4) is 0 Å². The summed E-state index contributed by atoms with van der Waals surface area (Å²) in [4.78, 5) is 14.0. The van der Waals surface area contributed by atoms with Gasteiger partial charge in [0.15, 0.2) is 0 Å². The van der Waals surface area contributed by atoms with Gasteiger partial charge in [0, 0.05) is 25.5 Å². The van der Waals surface area contributed by atoms with Crippen LogP contribution in [-0.4, -0.2) is 32.0 Å². The van der Waals surface area contributed by atoms with Crippen molar-refractivity contribution in [2.75, 3.05) is 24.7 Å². The second-order valence-corrected chi connectivity index (χ2v) is 7.44. The highest BCUT2D eigenvalue weighted by Crippen LogP contribution is 2.19. The molecule has 0 aromatic heterocycles. The summed E-state index contributed by atoms with van der Waals surface area (Å²) in [6.07, 6.45) is 1.66. The van der Waals surface area contributed by atoms with E-state index in [1.807, 2.05) is 55.4 Å². The molecular weight excluding hydrogens is 354 g/mol. The number of hydrogen-bond acceptors (Lipinski definition) is 4. The van der Waals surface area contributed by atoms with Crippen molar-refractivity contribution in [3.8, 4) is 0 Å². The summed E-state index contributed by atoms with van der Waals surface area (Å²) in [5.74, 6) is 1.08. The second kappa shape index (κ2) is 9.24. The minimum atomic E-state index is -0.0954. The van der Waals surface area contributed by atoms with Gasteiger partial charge in [-0.05, 0) is 34.0 Å². The Hall–Kier alpha value is -2.79. The van der Waals surface area contributed by atoms with Crippen LogP contribution in [0.1, 0.15) is 11.1 Å². The molecule has 0 unspecified atom stereocenters. The summed E-state index contributed by atoms with van der Waals surface area (Å²) in [7, 11) is 4.00. The number of hydrazone groups is 1. The molecule has 138 valence electrons. The van der Waals surface area contributed by atoms with Gasteiger partial charge in [-0.1, -0.05) is 54.6 Å². The average molecular weight is 378 g/mol. The quantitative estimate of drug-likeness (QED) is 0.493. The molecule has 0 aliphatic carbocycles. The molecule has 0 atom stereocenters. The molecule has 0 saturated carbocycles. The van der Waals surface area contributed by atoms with E-state index in [1.54, 1.807) is 18.0 Å². The van der Waals surface area contributed by atoms with Crippen LogP contribution < -0.4 is 10.3 Å². The number of nitrogens with one attached hydrogen (secondary N) is 1. The molecule has 4 nitrogen and oxygen atoms in total. The molecule has 1 amide bonds. The van der Waals surface area contributed by atoms with Crippen molar-refractivity contribution in [2.24, 2.45) is 5.10 Å². The van der Waals surface area contributed by atoms with Crippen molar-refractivity contribution >= 4 is 40.3 Å². The number of benzene rings is 3. The number of thioether (sulfide) groups is 1. The molecule has 0 bridgehead atoms. The van der Waals surface area contributed by atoms with Gasteiger partial charge in [-0.2, -0.15) is 5.10 Å². The summed E-state index contributed by atoms with van der Waals surface area (Å²) >= 11 is 1.58. The molecule has 0 aliphatic heterocycles. The van der Waals surface area contributed by atoms with Crippen LogP contribution in [0, 0.1) is 0 Å². The zero-order valence-corrected chi connectivity index (χ0v) is 16.4. The molecule has 3 rings (SSSR count). The molecule has 0 heterocycles. The summed E-state index contributed by atoms with van der Waals surface area (Å²) in [6, 6.07) is 22.7. The Morgan fingerprint density at radius 2 is 1.78 bits per heavy atom. The number of fused-ring (bicyclic) bond motifs is 1. The van der Waals surface area contributed by atoms with E-state index >= 15 is 0 Å². The first-order chi connectivity index (χ1) is 13.1. The largest absolute Gasteiger partial charge is 0.378 e. The van der Waals surface area contributed by atoms with Gasteiger partial charge in [0.05, 0.1) is 12.0 Å². The molecule has 5 heteroatoms. The Kier molecular flexibility index (Phi) is 6.49. The molecule has 3 aromatic rings. The predicted octanol–water partition coefficient (Wildman–Crippen LogP) is 4.29. The third-order valence-electron chi connectivity index (χ3n) is 4.13. The van der Waals surface area contributed by atoms with Gasteiger partial charge in [0.1, 0.15) is 0 Å². The number of rotatable bonds is 7. The first-order valence-electron chi connectivity index (χ1n) is 8.76. The number of carbonyl (C=O) groups excluding carboxylic acids is 1. The third-order valence-corrected chi connectivity index (χ3v) is 5.13. The maximum absolute atomic E-state index is 11.9. The predicted molar refractivity (Wildman–Crippen MR) is 117 cm³/mol. The number of anilines is 1. The third kappa shape index (κ3) is 5.59. The summed E-state index contributed by atoms with van der Waals surface area (Å²) < 4.78 is 0. The van der Waals surface area contributed by atoms with E-state index in [-0.39, 0.29) is 5.91 Å². The smallest absolute Gasteiger partial charge is 0.250 e. The first kappa shape index (κ1) is 19.0. The minimum absolute atomic E-state index is 0.0954. The number of hydrogen-bond donors (Lipinski definition) is 1. The number of nitrogens with zero attached hydrogens (tertiary/aromatic N) is 2. The Morgan fingerprint density at radius 3 is 2.52 bits per heavy atom. The fraction of sp³-hybridized carbons (Fsp3) is 0.182. The molecular formula is C22H23N3OS. The van der Waals surface area contributed by atoms with E-state index in [4.69, 9.17) is 0 Å². The Morgan fingerprint density at radius 1 is 1.04 bits per heavy atom. The lowest BCUT2D eigenvalue weighted by atomic mass is 10.1. The SMILES string of the molecule is CN(C)c1ccc(/C=N\NC(=O)CSCc2ccc3ccccc3c2)cc1. The van der Waals surface area contributed by atoms with E-state index in [2.05, 4.69) is 40.9 Å². The number of amides is 1. The Bertz CT molecular complexity index is 936. The van der Waals surface area contributed by atoms with Gasteiger partial charge in [-0.15, -0.1) is 11.8 Å². The van der Waals surface area contributed by atoms with Crippen molar-refractivity contribution in [3.63, 3.8) is 0 Å². The van der Waals surface area contributed by atoms with E-state index < -0.39 is 0 Å². The molecule has 27 heavy (non-hydrogen) atoms. The van der Waals surface area contributed by atoms with Crippen molar-refractivity contribution in [3.05, 3.63) is 77.9 Å². The van der Waals surface area contributed by atoms with Crippen LogP contribution in [0.5, 0.6) is 0 Å². The highest BCUT2D eigenvalue weighted by Gasteiger charge is 2.02. The lowest BCUT2D eigenvalue weighted by Gasteiger charge is -2.11. The lowest BCUT2D eigenvalue weighted by molar-refractivity contribution is -0.118. The van der Waals surface area contributed by atoms with Crippen LogP contribution in [0.4, 0.5) is 5.69 Å². The topological polar surface area (TPSA) is 44.7 Å². The second-order valence-electron chi connectivity index (χ2n) is 6.45. The fourth-order valence-corrected chi connectivity index (χ4v) is 3.43. The zero-order valence-electron chi connectivity index (χ0n) is 15.6. The van der Waals surface area contributed by atoms with Gasteiger partial charge in [-0.25, -0.2) is 5.43 Å². The van der Waals surface area contributed by atoms with E-state index in [1.165, 1.54) is 16.3 Å². The van der Waals surface area contributed by atoms with Gasteiger partial charge in [0.2, 0.25) is 5.91 Å². The van der Waals surface area contributed by atoms with E-state index in [0.717, 1.165) is 17.0 Å². The van der Waals surface area contributed by atoms with E-state index in [0.29, 0.717) is 5.75 Å². The van der Waals surface area contributed by atoms with Crippen LogP contribution >= 0.6 is 11.8 Å². The maximum atomic E-state index is 11.9. The molecule has 0 saturated heterocycles. The van der Waals surface area contributed by atoms with Crippen LogP contribution in [0.25, 0.3) is 10.8 Å². The number of carbonyl (C=O) groups is 1. The van der Waals surface area contributed by atoms with Crippen molar-refractivity contribution in [1.82, 2.24) is 5.43 Å². The summed E-state index contributed by atoms with van der Waals surface area (Å²) in [5.41, 5.74) is 5.88. The molecule has 0 spiro atoms. The Balaban J connectivity index is 1.43. The average Bonchev–Trinajstić information content (AvgIpc) is 2.68. The van der Waals surface area contributed by atoms with Crippen LogP contribution in [0.15, 0.2) is 71.8 Å². The first-order valence-corrected chi connectivity index (χ1v) is 9.92. The van der Waals surface area contributed by atoms with Crippen molar-refractivity contribution < 1.29 is 4.79 Å². The van der Waals surface area contributed by atoms with Gasteiger partial charge >= 0.3 is 0 Å². The summed E-state index contributed by atoms with van der Waals surface area (Å²) in [6.45, 7) is 0. The lowest BCUT2D eigenvalue weighted by Crippen LogP contribution is -2.19. The van der Waals surface area contributed by atoms with Crippen molar-refractivity contribution in [2.45, 2.75) is 5.75 Å². The Labute approximate surface area is 164 Å². The van der Waals surface area contributed by atoms with Crippen LogP contribution in [-0.2, 0) is 10.5 Å². The fourth-order valence-electron chi connectivity index (χ4n) is 2.66. The van der Waals surface area contributed by atoms with Gasteiger partial charge < -0.3 is 4.90 Å². The maximum Gasteiger partial charge on any atom is 0.250 e. The van der Waals surface area contributed by atoms with Gasteiger partial charge in [0.25, 0.3) is 0 Å². The normalized spacial score (nSPS) is 11.0. The molecule has 1 N–H and O–H groups in total. The van der Waals surface area contributed by atoms with E-state index in [9.17, 15) is 4.79 Å². The molecule has 0 fully saturated rings.